The van der Waals surface area contributed by atoms with Gasteiger partial charge in [-0.15, -0.1) is 0 Å². The van der Waals surface area contributed by atoms with E-state index >= 15 is 0 Å². The van der Waals surface area contributed by atoms with E-state index in [0.29, 0.717) is 6.54 Å². The lowest BCUT2D eigenvalue weighted by atomic mass is 10.3. The Morgan fingerprint density at radius 3 is 3.07 bits per heavy atom. The molecule has 0 spiro atoms. The second kappa shape index (κ2) is 5.98. The number of carbonyl (C=O) groups is 1. The summed E-state index contributed by atoms with van der Waals surface area (Å²) in [4.78, 5) is 15.2. The minimum Gasteiger partial charge on any atom is -0.394 e. The van der Waals surface area contributed by atoms with Crippen LogP contribution in [-0.4, -0.2) is 28.8 Å². The number of aliphatic hydroxyl groups is 1. The van der Waals surface area contributed by atoms with Crippen LogP contribution in [0.15, 0.2) is 24.5 Å². The van der Waals surface area contributed by atoms with Crippen molar-refractivity contribution in [3.8, 4) is 0 Å². The standard InChI is InChI=1S/C10H15N3O2/c1-8(7-14)13-10(15)12-6-9-3-2-4-11-5-9/h2-5,8,14H,6-7H2,1H3,(H2,12,13,15). The highest BCUT2D eigenvalue weighted by Gasteiger charge is 2.04. The fourth-order valence-electron chi connectivity index (χ4n) is 1.01. The topological polar surface area (TPSA) is 74.2 Å². The van der Waals surface area contributed by atoms with Crippen molar-refractivity contribution in [3.63, 3.8) is 0 Å². The number of hydrogen-bond acceptors (Lipinski definition) is 3. The third-order valence-corrected chi connectivity index (χ3v) is 1.83. The van der Waals surface area contributed by atoms with Gasteiger partial charge in [0.2, 0.25) is 0 Å². The maximum Gasteiger partial charge on any atom is 0.315 e. The lowest BCUT2D eigenvalue weighted by molar-refractivity contribution is 0.220. The van der Waals surface area contributed by atoms with Crippen LogP contribution in [0.5, 0.6) is 0 Å². The van der Waals surface area contributed by atoms with Gasteiger partial charge in [0.05, 0.1) is 12.6 Å². The van der Waals surface area contributed by atoms with Crippen LogP contribution in [0.25, 0.3) is 0 Å². The Morgan fingerprint density at radius 1 is 1.67 bits per heavy atom. The van der Waals surface area contributed by atoms with Crippen molar-refractivity contribution in [2.45, 2.75) is 19.5 Å². The Hall–Kier alpha value is -1.62. The van der Waals surface area contributed by atoms with E-state index in [9.17, 15) is 4.79 Å². The molecule has 0 saturated heterocycles. The Morgan fingerprint density at radius 2 is 2.47 bits per heavy atom. The predicted molar refractivity (Wildman–Crippen MR) is 56.2 cm³/mol. The molecule has 5 nitrogen and oxygen atoms in total. The van der Waals surface area contributed by atoms with E-state index in [4.69, 9.17) is 5.11 Å². The molecule has 82 valence electrons. The van der Waals surface area contributed by atoms with Crippen molar-refractivity contribution in [3.05, 3.63) is 30.1 Å². The van der Waals surface area contributed by atoms with E-state index in [1.54, 1.807) is 19.3 Å². The smallest absolute Gasteiger partial charge is 0.315 e. The predicted octanol–water partition coefficient (Wildman–Crippen LogP) is 0.262. The number of amides is 2. The van der Waals surface area contributed by atoms with Gasteiger partial charge in [0.1, 0.15) is 0 Å². The van der Waals surface area contributed by atoms with E-state index in [2.05, 4.69) is 15.6 Å². The normalized spacial score (nSPS) is 11.9. The minimum absolute atomic E-state index is 0.0691. The average molecular weight is 209 g/mol. The van der Waals surface area contributed by atoms with Gasteiger partial charge in [-0.25, -0.2) is 4.79 Å². The Labute approximate surface area is 88.5 Å². The van der Waals surface area contributed by atoms with Crippen LogP contribution in [0.4, 0.5) is 4.79 Å². The Bertz CT molecular complexity index is 303. The number of nitrogens with zero attached hydrogens (tertiary/aromatic N) is 1. The van der Waals surface area contributed by atoms with E-state index in [1.807, 2.05) is 12.1 Å². The molecular formula is C10H15N3O2. The second-order valence-electron chi connectivity index (χ2n) is 3.27. The summed E-state index contributed by atoms with van der Waals surface area (Å²) in [5.74, 6) is 0. The van der Waals surface area contributed by atoms with Crippen molar-refractivity contribution in [2.24, 2.45) is 0 Å². The molecule has 1 atom stereocenters. The van der Waals surface area contributed by atoms with Gasteiger partial charge in [-0.2, -0.15) is 0 Å². The van der Waals surface area contributed by atoms with Gasteiger partial charge in [0, 0.05) is 18.9 Å². The molecule has 5 heteroatoms. The van der Waals surface area contributed by atoms with Crippen LogP contribution in [-0.2, 0) is 6.54 Å². The third kappa shape index (κ3) is 4.42. The molecular weight excluding hydrogens is 194 g/mol. The van der Waals surface area contributed by atoms with Gasteiger partial charge >= 0.3 is 6.03 Å². The van der Waals surface area contributed by atoms with Crippen LogP contribution in [0.2, 0.25) is 0 Å². The fourth-order valence-corrected chi connectivity index (χ4v) is 1.01. The first kappa shape index (κ1) is 11.5. The number of nitrogens with one attached hydrogen (secondary N) is 2. The SMILES string of the molecule is CC(CO)NC(=O)NCc1cccnc1. The van der Waals surface area contributed by atoms with Gasteiger partial charge in [-0.3, -0.25) is 4.98 Å². The minimum atomic E-state index is -0.291. The van der Waals surface area contributed by atoms with Gasteiger partial charge < -0.3 is 15.7 Å². The molecule has 0 aliphatic rings. The fraction of sp³-hybridized carbons (Fsp3) is 0.400. The van der Waals surface area contributed by atoms with Gasteiger partial charge in [0.15, 0.2) is 0 Å². The average Bonchev–Trinajstić information content (AvgIpc) is 2.27. The molecule has 2 amide bonds. The second-order valence-corrected chi connectivity index (χ2v) is 3.27. The number of rotatable bonds is 4. The lowest BCUT2D eigenvalue weighted by Gasteiger charge is -2.11. The zero-order chi connectivity index (χ0) is 11.1. The molecule has 1 aromatic rings. The summed E-state index contributed by atoms with van der Waals surface area (Å²) in [7, 11) is 0. The molecule has 0 aromatic carbocycles. The maximum atomic E-state index is 11.2. The molecule has 1 unspecified atom stereocenters. The van der Waals surface area contributed by atoms with E-state index in [-0.39, 0.29) is 18.7 Å². The van der Waals surface area contributed by atoms with Crippen molar-refractivity contribution in [2.75, 3.05) is 6.61 Å². The molecule has 1 aromatic heterocycles. The molecule has 1 rings (SSSR count). The zero-order valence-electron chi connectivity index (χ0n) is 8.60. The van der Waals surface area contributed by atoms with E-state index in [0.717, 1.165) is 5.56 Å². The zero-order valence-corrected chi connectivity index (χ0v) is 8.60. The number of aliphatic hydroxyl groups excluding tert-OH is 1. The highest BCUT2D eigenvalue weighted by Crippen LogP contribution is 1.93. The molecule has 3 N–H and O–H groups in total. The summed E-state index contributed by atoms with van der Waals surface area (Å²) in [6.45, 7) is 2.09. The third-order valence-electron chi connectivity index (χ3n) is 1.83. The van der Waals surface area contributed by atoms with Gasteiger partial charge in [0.25, 0.3) is 0 Å². The summed E-state index contributed by atoms with van der Waals surface area (Å²) >= 11 is 0. The quantitative estimate of drug-likeness (QED) is 0.666. The first-order chi connectivity index (χ1) is 7.22. The Kier molecular flexibility index (Phi) is 4.56. The number of hydrogen-bond donors (Lipinski definition) is 3. The lowest BCUT2D eigenvalue weighted by Crippen LogP contribution is -2.41. The van der Waals surface area contributed by atoms with Crippen molar-refractivity contribution in [1.29, 1.82) is 0 Å². The summed E-state index contributed by atoms with van der Waals surface area (Å²) in [6.07, 6.45) is 3.37. The largest absolute Gasteiger partial charge is 0.394 e. The molecule has 0 radical (unpaired) electrons. The monoisotopic (exact) mass is 209 g/mol. The summed E-state index contributed by atoms with van der Waals surface area (Å²) < 4.78 is 0. The molecule has 15 heavy (non-hydrogen) atoms. The van der Waals surface area contributed by atoms with Gasteiger partial charge in [-0.05, 0) is 18.6 Å². The first-order valence-corrected chi connectivity index (χ1v) is 4.76. The van der Waals surface area contributed by atoms with Crippen LogP contribution in [0.3, 0.4) is 0 Å². The number of aromatic nitrogens is 1. The molecule has 0 bridgehead atoms. The van der Waals surface area contributed by atoms with Crippen molar-refractivity contribution >= 4 is 6.03 Å². The van der Waals surface area contributed by atoms with E-state index in [1.165, 1.54) is 0 Å². The van der Waals surface area contributed by atoms with E-state index < -0.39 is 0 Å². The van der Waals surface area contributed by atoms with Gasteiger partial charge in [-0.1, -0.05) is 6.07 Å². The van der Waals surface area contributed by atoms with Crippen LogP contribution >= 0.6 is 0 Å². The Balaban J connectivity index is 2.29. The van der Waals surface area contributed by atoms with Crippen LogP contribution < -0.4 is 10.6 Å². The van der Waals surface area contributed by atoms with Crippen LogP contribution in [0.1, 0.15) is 12.5 Å². The summed E-state index contributed by atoms with van der Waals surface area (Å²) in [6, 6.07) is 3.16. The number of urea groups is 1. The highest BCUT2D eigenvalue weighted by atomic mass is 16.3. The number of carbonyl (C=O) groups excluding carboxylic acids is 1. The van der Waals surface area contributed by atoms with Crippen molar-refractivity contribution < 1.29 is 9.90 Å². The molecule has 0 saturated carbocycles. The highest BCUT2D eigenvalue weighted by molar-refractivity contribution is 5.74. The van der Waals surface area contributed by atoms with Crippen LogP contribution in [0, 0.1) is 0 Å². The van der Waals surface area contributed by atoms with Crippen molar-refractivity contribution in [1.82, 2.24) is 15.6 Å². The molecule has 0 aliphatic heterocycles. The molecule has 0 fully saturated rings. The summed E-state index contributed by atoms with van der Waals surface area (Å²) in [5, 5.41) is 14.0. The first-order valence-electron chi connectivity index (χ1n) is 4.76. The molecule has 0 aliphatic carbocycles. The number of pyridine rings is 1. The maximum absolute atomic E-state index is 11.2. The molecule has 1 heterocycles. The summed E-state index contributed by atoms with van der Waals surface area (Å²) in [5.41, 5.74) is 0.935.